The molecule has 2 atom stereocenters. The lowest BCUT2D eigenvalue weighted by Crippen LogP contribution is -2.32. The summed E-state index contributed by atoms with van der Waals surface area (Å²) in [5.41, 5.74) is 0. The summed E-state index contributed by atoms with van der Waals surface area (Å²) in [6, 6.07) is 0. The van der Waals surface area contributed by atoms with Crippen LogP contribution >= 0.6 is 0 Å². The number of oxime groups is 1. The number of carbonyl (C=O) groups is 1. The molecule has 0 N–H and O–H groups in total. The van der Waals surface area contributed by atoms with Gasteiger partial charge in [-0.15, -0.1) is 0 Å². The van der Waals surface area contributed by atoms with Crippen molar-refractivity contribution >= 4 is 11.8 Å². The molecule has 0 aromatic heterocycles. The van der Waals surface area contributed by atoms with Crippen LogP contribution in [0.15, 0.2) is 5.16 Å². The van der Waals surface area contributed by atoms with E-state index in [1.165, 1.54) is 0 Å². The van der Waals surface area contributed by atoms with Gasteiger partial charge in [0.15, 0.2) is 6.61 Å². The van der Waals surface area contributed by atoms with Gasteiger partial charge in [-0.25, -0.2) is 0 Å². The van der Waals surface area contributed by atoms with Gasteiger partial charge in [0, 0.05) is 20.0 Å². The average molecular weight is 212 g/mol. The quantitative estimate of drug-likeness (QED) is 0.673. The van der Waals surface area contributed by atoms with Crippen LogP contribution in [0.25, 0.3) is 0 Å². The van der Waals surface area contributed by atoms with Crippen molar-refractivity contribution in [2.24, 2.45) is 11.1 Å². The molecule has 0 aliphatic carbocycles. The van der Waals surface area contributed by atoms with Crippen molar-refractivity contribution in [2.75, 3.05) is 20.2 Å². The van der Waals surface area contributed by atoms with Gasteiger partial charge < -0.3 is 14.5 Å². The Labute approximate surface area is 89.0 Å². The van der Waals surface area contributed by atoms with E-state index in [0.29, 0.717) is 25.5 Å². The molecule has 5 heteroatoms. The minimum Gasteiger partial charge on any atom is -0.471 e. The molecule has 2 unspecified atom stereocenters. The zero-order valence-corrected chi connectivity index (χ0v) is 9.10. The molecule has 2 rings (SSSR count). The lowest BCUT2D eigenvalue weighted by atomic mass is 10.1. The number of hydrogen-bond donors (Lipinski definition) is 0. The van der Waals surface area contributed by atoms with Crippen LogP contribution in [-0.2, 0) is 14.4 Å². The summed E-state index contributed by atoms with van der Waals surface area (Å²) >= 11 is 0. The maximum absolute atomic E-state index is 11.4. The zero-order chi connectivity index (χ0) is 10.8. The number of likely N-dealkylation sites (tertiary alicyclic amines) is 1. The molecule has 84 valence electrons. The third-order valence-corrected chi connectivity index (χ3v) is 2.85. The minimum atomic E-state index is 0.0665. The second-order valence-electron chi connectivity index (χ2n) is 4.05. The summed E-state index contributed by atoms with van der Waals surface area (Å²) in [5, 5.41) is 3.89. The Hall–Kier alpha value is -1.26. The fraction of sp³-hybridized carbons (Fsp3) is 0.800. The van der Waals surface area contributed by atoms with E-state index >= 15 is 0 Å². The van der Waals surface area contributed by atoms with Gasteiger partial charge in [0.2, 0.25) is 11.8 Å². The van der Waals surface area contributed by atoms with Crippen molar-refractivity contribution in [2.45, 2.75) is 25.9 Å². The van der Waals surface area contributed by atoms with Gasteiger partial charge in [-0.1, -0.05) is 12.1 Å². The van der Waals surface area contributed by atoms with E-state index in [2.05, 4.69) is 5.16 Å². The Morgan fingerprint density at radius 2 is 2.40 bits per heavy atom. The first-order chi connectivity index (χ1) is 7.20. The number of ether oxygens (including phenoxy) is 1. The van der Waals surface area contributed by atoms with Crippen LogP contribution < -0.4 is 0 Å². The Balaban J connectivity index is 1.99. The first-order valence-electron chi connectivity index (χ1n) is 5.31. The van der Waals surface area contributed by atoms with Crippen LogP contribution in [0.4, 0.5) is 0 Å². The normalized spacial score (nSPS) is 30.9. The van der Waals surface area contributed by atoms with Crippen molar-refractivity contribution in [1.82, 2.24) is 4.90 Å². The van der Waals surface area contributed by atoms with Gasteiger partial charge in [-0.3, -0.25) is 4.79 Å². The van der Waals surface area contributed by atoms with Gasteiger partial charge in [0.05, 0.1) is 5.92 Å². The summed E-state index contributed by atoms with van der Waals surface area (Å²) in [4.78, 5) is 18.2. The average Bonchev–Trinajstić information content (AvgIpc) is 2.59. The predicted molar refractivity (Wildman–Crippen MR) is 54.3 cm³/mol. The maximum atomic E-state index is 11.4. The van der Waals surface area contributed by atoms with Crippen LogP contribution in [0, 0.1) is 5.92 Å². The fourth-order valence-corrected chi connectivity index (χ4v) is 1.81. The van der Waals surface area contributed by atoms with Gasteiger partial charge in [-0.2, -0.15) is 0 Å². The van der Waals surface area contributed by atoms with E-state index in [4.69, 9.17) is 9.57 Å². The molecule has 0 saturated carbocycles. The molecular formula is C10H16N2O3. The van der Waals surface area contributed by atoms with Crippen molar-refractivity contribution in [1.29, 1.82) is 0 Å². The smallest absolute Gasteiger partial charge is 0.231 e. The molecule has 0 aromatic rings. The SMILES string of the molecule is CCC1CON=C(C2CC(=O)N(C)C2)O1. The maximum Gasteiger partial charge on any atom is 0.231 e. The molecule has 1 amide bonds. The van der Waals surface area contributed by atoms with Crippen LogP contribution in [0.2, 0.25) is 0 Å². The van der Waals surface area contributed by atoms with Crippen molar-refractivity contribution in [3.8, 4) is 0 Å². The Bertz CT molecular complexity index is 290. The topological polar surface area (TPSA) is 51.1 Å². The number of hydrogen-bond acceptors (Lipinski definition) is 4. The van der Waals surface area contributed by atoms with Crippen molar-refractivity contribution in [3.63, 3.8) is 0 Å². The molecule has 5 nitrogen and oxygen atoms in total. The van der Waals surface area contributed by atoms with Crippen molar-refractivity contribution in [3.05, 3.63) is 0 Å². The Kier molecular flexibility index (Phi) is 2.79. The third-order valence-electron chi connectivity index (χ3n) is 2.85. The molecule has 1 saturated heterocycles. The summed E-state index contributed by atoms with van der Waals surface area (Å²) in [5.74, 6) is 0.799. The molecule has 0 radical (unpaired) electrons. The van der Waals surface area contributed by atoms with Crippen LogP contribution in [-0.4, -0.2) is 43.0 Å². The lowest BCUT2D eigenvalue weighted by molar-refractivity contribution is -0.126. The summed E-state index contributed by atoms with van der Waals surface area (Å²) in [7, 11) is 1.80. The number of carbonyl (C=O) groups excluding carboxylic acids is 1. The first-order valence-corrected chi connectivity index (χ1v) is 5.31. The monoisotopic (exact) mass is 212 g/mol. The highest BCUT2D eigenvalue weighted by Crippen LogP contribution is 2.21. The Morgan fingerprint density at radius 1 is 1.60 bits per heavy atom. The van der Waals surface area contributed by atoms with Gasteiger partial charge >= 0.3 is 0 Å². The first kappa shape index (κ1) is 10.3. The van der Waals surface area contributed by atoms with E-state index in [-0.39, 0.29) is 17.9 Å². The standard InChI is InChI=1S/C10H16N2O3/c1-3-8-6-14-11-10(15-8)7-4-9(13)12(2)5-7/h7-8H,3-6H2,1-2H3. The number of nitrogens with zero attached hydrogens (tertiary/aromatic N) is 2. The summed E-state index contributed by atoms with van der Waals surface area (Å²) in [6.07, 6.45) is 1.46. The van der Waals surface area contributed by atoms with Crippen LogP contribution in [0.1, 0.15) is 19.8 Å². The molecule has 2 aliphatic rings. The molecule has 1 fully saturated rings. The molecule has 2 heterocycles. The van der Waals surface area contributed by atoms with Gasteiger partial charge in [-0.05, 0) is 6.42 Å². The number of amides is 1. The number of rotatable bonds is 2. The molecule has 0 bridgehead atoms. The van der Waals surface area contributed by atoms with Gasteiger partial charge in [0.25, 0.3) is 0 Å². The molecule has 15 heavy (non-hydrogen) atoms. The molecule has 0 aromatic carbocycles. The highest BCUT2D eigenvalue weighted by molar-refractivity contribution is 5.89. The van der Waals surface area contributed by atoms with Gasteiger partial charge in [0.1, 0.15) is 6.10 Å². The molecular weight excluding hydrogens is 196 g/mol. The fourth-order valence-electron chi connectivity index (χ4n) is 1.81. The van der Waals surface area contributed by atoms with E-state index < -0.39 is 0 Å². The second-order valence-corrected chi connectivity index (χ2v) is 4.05. The Morgan fingerprint density at radius 3 is 3.00 bits per heavy atom. The lowest BCUT2D eigenvalue weighted by Gasteiger charge is -2.24. The highest BCUT2D eigenvalue weighted by Gasteiger charge is 2.34. The van der Waals surface area contributed by atoms with E-state index in [1.54, 1.807) is 11.9 Å². The van der Waals surface area contributed by atoms with E-state index in [0.717, 1.165) is 6.42 Å². The van der Waals surface area contributed by atoms with E-state index in [1.807, 2.05) is 6.92 Å². The van der Waals surface area contributed by atoms with Crippen molar-refractivity contribution < 1.29 is 14.4 Å². The third kappa shape index (κ3) is 2.06. The van der Waals surface area contributed by atoms with Crippen LogP contribution in [0.5, 0.6) is 0 Å². The highest BCUT2D eigenvalue weighted by atomic mass is 16.7. The second kappa shape index (κ2) is 4.08. The molecule has 2 aliphatic heterocycles. The molecule has 0 spiro atoms. The predicted octanol–water partition coefficient (Wildman–Crippen LogP) is 0.604. The minimum absolute atomic E-state index is 0.0665. The largest absolute Gasteiger partial charge is 0.471 e. The summed E-state index contributed by atoms with van der Waals surface area (Å²) < 4.78 is 5.66. The summed E-state index contributed by atoms with van der Waals surface area (Å²) in [6.45, 7) is 3.23. The van der Waals surface area contributed by atoms with Crippen LogP contribution in [0.3, 0.4) is 0 Å². The van der Waals surface area contributed by atoms with E-state index in [9.17, 15) is 4.79 Å². The zero-order valence-electron chi connectivity index (χ0n) is 9.10.